The van der Waals surface area contributed by atoms with Crippen LogP contribution in [0.15, 0.2) is 42.5 Å². The van der Waals surface area contributed by atoms with Crippen LogP contribution in [0, 0.1) is 0 Å². The van der Waals surface area contributed by atoms with Crippen LogP contribution in [0.5, 0.6) is 11.5 Å². The summed E-state index contributed by atoms with van der Waals surface area (Å²) in [5.74, 6) is -2.00. The number of methoxy groups -OCH3 is 2. The van der Waals surface area contributed by atoms with Crippen LogP contribution >= 0.6 is 11.6 Å². The Bertz CT molecular complexity index is 1230. The molecule has 1 aromatic heterocycles. The Balaban J connectivity index is 2.30. The largest absolute Gasteiger partial charge is 0.490 e. The molecule has 0 bridgehead atoms. The second-order valence-corrected chi connectivity index (χ2v) is 7.18. The maximum atomic E-state index is 12.8. The van der Waals surface area contributed by atoms with Gasteiger partial charge in [-0.1, -0.05) is 29.8 Å². The summed E-state index contributed by atoms with van der Waals surface area (Å²) in [5.41, 5.74) is 5.86. The molecule has 0 saturated carbocycles. The van der Waals surface area contributed by atoms with E-state index >= 15 is 0 Å². The van der Waals surface area contributed by atoms with Crippen LogP contribution < -0.4 is 15.2 Å². The summed E-state index contributed by atoms with van der Waals surface area (Å²) in [5, 5.41) is 4.60. The number of rotatable bonds is 9. The number of hydrogen-bond acceptors (Lipinski definition) is 8. The molecular formula is C23H22ClN3O7. The molecule has 10 nitrogen and oxygen atoms in total. The molecule has 0 spiro atoms. The number of amides is 1. The highest BCUT2D eigenvalue weighted by molar-refractivity contribution is 6.32. The number of halogens is 1. The molecule has 178 valence electrons. The van der Waals surface area contributed by atoms with Crippen LogP contribution in [0.25, 0.3) is 16.9 Å². The van der Waals surface area contributed by atoms with E-state index in [1.807, 2.05) is 0 Å². The molecule has 0 atom stereocenters. The summed E-state index contributed by atoms with van der Waals surface area (Å²) in [6.45, 7) is 1.59. The average Bonchev–Trinajstić information content (AvgIpc) is 3.23. The molecule has 11 heteroatoms. The molecule has 0 unspecified atom stereocenters. The van der Waals surface area contributed by atoms with Gasteiger partial charge in [0.05, 0.1) is 31.5 Å². The average molecular weight is 488 g/mol. The number of para-hydroxylation sites is 1. The number of carbonyl (C=O) groups excluding carboxylic acids is 3. The maximum Gasteiger partial charge on any atom is 0.357 e. The first-order valence-electron chi connectivity index (χ1n) is 10.0. The molecule has 3 aromatic rings. The van der Waals surface area contributed by atoms with Crippen LogP contribution in [-0.2, 0) is 14.3 Å². The zero-order valence-electron chi connectivity index (χ0n) is 18.7. The first-order chi connectivity index (χ1) is 16.3. The third kappa shape index (κ3) is 4.96. The van der Waals surface area contributed by atoms with Crippen molar-refractivity contribution in [1.29, 1.82) is 0 Å². The molecule has 1 amide bonds. The molecule has 0 aliphatic carbocycles. The maximum absolute atomic E-state index is 12.8. The van der Waals surface area contributed by atoms with Crippen molar-refractivity contribution in [2.45, 2.75) is 6.92 Å². The van der Waals surface area contributed by atoms with Gasteiger partial charge in [0.1, 0.15) is 11.3 Å². The summed E-state index contributed by atoms with van der Waals surface area (Å²) in [6, 6.07) is 11.7. The van der Waals surface area contributed by atoms with Gasteiger partial charge in [-0.25, -0.2) is 14.3 Å². The van der Waals surface area contributed by atoms with Gasteiger partial charge in [-0.15, -0.1) is 0 Å². The molecule has 0 aliphatic rings. The smallest absolute Gasteiger partial charge is 0.357 e. The van der Waals surface area contributed by atoms with Crippen molar-refractivity contribution in [2.75, 3.05) is 27.4 Å². The minimum absolute atomic E-state index is 0.0758. The number of esters is 2. The number of primary amides is 1. The second kappa shape index (κ2) is 10.7. The van der Waals surface area contributed by atoms with E-state index in [-0.39, 0.29) is 40.1 Å². The van der Waals surface area contributed by atoms with Crippen LogP contribution in [0.1, 0.15) is 27.8 Å². The van der Waals surface area contributed by atoms with E-state index in [0.29, 0.717) is 11.3 Å². The molecule has 0 radical (unpaired) electrons. The van der Waals surface area contributed by atoms with Gasteiger partial charge in [0.2, 0.25) is 0 Å². The number of hydrogen-bond donors (Lipinski definition) is 1. The van der Waals surface area contributed by atoms with Crippen molar-refractivity contribution in [1.82, 2.24) is 9.78 Å². The predicted molar refractivity (Wildman–Crippen MR) is 123 cm³/mol. The van der Waals surface area contributed by atoms with Crippen molar-refractivity contribution in [3.63, 3.8) is 0 Å². The van der Waals surface area contributed by atoms with Crippen molar-refractivity contribution in [2.24, 2.45) is 5.73 Å². The van der Waals surface area contributed by atoms with Gasteiger partial charge in [0.15, 0.2) is 23.8 Å². The van der Waals surface area contributed by atoms with E-state index < -0.39 is 24.5 Å². The van der Waals surface area contributed by atoms with Crippen molar-refractivity contribution in [3.8, 4) is 28.4 Å². The standard InChI is InChI=1S/C23H22ClN3O7/c1-4-33-16-11-13(10-15(24)21(16)34-12-17(25)28)19-18(22(29)31-2)20(23(30)32-3)27(26-19)14-8-6-5-7-9-14/h5-11H,4,12H2,1-3H3,(H2,25,28). The molecule has 2 aromatic carbocycles. The summed E-state index contributed by atoms with van der Waals surface area (Å²) >= 11 is 6.42. The SMILES string of the molecule is CCOc1cc(-c2nn(-c3ccccc3)c(C(=O)OC)c2C(=O)OC)cc(Cl)c1OCC(N)=O. The Hall–Kier alpha value is -4.05. The molecule has 1 heterocycles. The number of benzene rings is 2. The molecule has 0 saturated heterocycles. The van der Waals surface area contributed by atoms with Gasteiger partial charge >= 0.3 is 11.9 Å². The lowest BCUT2D eigenvalue weighted by atomic mass is 10.0. The Kier molecular flexibility index (Phi) is 7.75. The van der Waals surface area contributed by atoms with E-state index in [0.717, 1.165) is 0 Å². The fraction of sp³-hybridized carbons (Fsp3) is 0.217. The quantitative estimate of drug-likeness (QED) is 0.455. The molecule has 0 fully saturated rings. The minimum Gasteiger partial charge on any atom is -0.490 e. The molecule has 34 heavy (non-hydrogen) atoms. The van der Waals surface area contributed by atoms with Crippen LogP contribution in [-0.4, -0.2) is 55.1 Å². The highest BCUT2D eigenvalue weighted by Gasteiger charge is 2.32. The van der Waals surface area contributed by atoms with Gasteiger partial charge in [0.25, 0.3) is 5.91 Å². The zero-order valence-corrected chi connectivity index (χ0v) is 19.4. The fourth-order valence-corrected chi connectivity index (χ4v) is 3.47. The van der Waals surface area contributed by atoms with Gasteiger partial charge < -0.3 is 24.7 Å². The molecule has 0 aliphatic heterocycles. The van der Waals surface area contributed by atoms with E-state index in [1.54, 1.807) is 37.3 Å². The van der Waals surface area contributed by atoms with Gasteiger partial charge in [0, 0.05) is 5.56 Å². The highest BCUT2D eigenvalue weighted by Crippen LogP contribution is 2.41. The third-order valence-corrected chi connectivity index (χ3v) is 4.88. The van der Waals surface area contributed by atoms with Crippen LogP contribution in [0.4, 0.5) is 0 Å². The lowest BCUT2D eigenvalue weighted by Gasteiger charge is -2.14. The van der Waals surface area contributed by atoms with E-state index in [9.17, 15) is 14.4 Å². The zero-order chi connectivity index (χ0) is 24.8. The molecular weight excluding hydrogens is 466 g/mol. The topological polar surface area (TPSA) is 132 Å². The molecule has 3 rings (SSSR count). The normalized spacial score (nSPS) is 10.5. The Morgan fingerprint density at radius 1 is 1.03 bits per heavy atom. The predicted octanol–water partition coefficient (Wildman–Crippen LogP) is 3.03. The summed E-state index contributed by atoms with van der Waals surface area (Å²) in [7, 11) is 2.38. The number of aromatic nitrogens is 2. The minimum atomic E-state index is -0.805. The van der Waals surface area contributed by atoms with Crippen molar-refractivity contribution < 1.29 is 33.3 Å². The van der Waals surface area contributed by atoms with Gasteiger partial charge in [-0.3, -0.25) is 4.79 Å². The number of nitrogens with two attached hydrogens (primary N) is 1. The highest BCUT2D eigenvalue weighted by atomic mass is 35.5. The number of ether oxygens (including phenoxy) is 4. The van der Waals surface area contributed by atoms with Gasteiger partial charge in [-0.05, 0) is 31.2 Å². The van der Waals surface area contributed by atoms with Crippen LogP contribution in [0.2, 0.25) is 5.02 Å². The van der Waals surface area contributed by atoms with Crippen molar-refractivity contribution in [3.05, 3.63) is 58.7 Å². The first kappa shape index (κ1) is 24.6. The lowest BCUT2D eigenvalue weighted by molar-refractivity contribution is -0.119. The van der Waals surface area contributed by atoms with Crippen molar-refractivity contribution >= 4 is 29.4 Å². The summed E-state index contributed by atoms with van der Waals surface area (Å²) in [6.07, 6.45) is 0. The number of nitrogens with zero attached hydrogens (tertiary/aromatic N) is 2. The Morgan fingerprint density at radius 3 is 2.29 bits per heavy atom. The van der Waals surface area contributed by atoms with Gasteiger partial charge in [-0.2, -0.15) is 5.10 Å². The summed E-state index contributed by atoms with van der Waals surface area (Å²) in [4.78, 5) is 36.7. The van der Waals surface area contributed by atoms with E-state index in [1.165, 1.54) is 31.0 Å². The number of carbonyl (C=O) groups is 3. The monoisotopic (exact) mass is 487 g/mol. The first-order valence-corrected chi connectivity index (χ1v) is 10.4. The van der Waals surface area contributed by atoms with Crippen LogP contribution in [0.3, 0.4) is 0 Å². The van der Waals surface area contributed by atoms with E-state index in [2.05, 4.69) is 5.10 Å². The summed E-state index contributed by atoms with van der Waals surface area (Å²) < 4.78 is 22.2. The second-order valence-electron chi connectivity index (χ2n) is 6.78. The lowest BCUT2D eigenvalue weighted by Crippen LogP contribution is -2.20. The fourth-order valence-electron chi connectivity index (χ4n) is 3.21. The third-order valence-electron chi connectivity index (χ3n) is 4.60. The molecule has 2 N–H and O–H groups in total. The van der Waals surface area contributed by atoms with E-state index in [4.69, 9.17) is 36.3 Å². The Labute approximate surface area is 200 Å². The Morgan fingerprint density at radius 2 is 1.71 bits per heavy atom.